The third-order valence-corrected chi connectivity index (χ3v) is 8.85. The van der Waals surface area contributed by atoms with Gasteiger partial charge < -0.3 is 24.2 Å². The van der Waals surface area contributed by atoms with Gasteiger partial charge in [0.15, 0.2) is 17.7 Å². The van der Waals surface area contributed by atoms with Crippen LogP contribution in [0.3, 0.4) is 0 Å². The Kier molecular flexibility index (Phi) is 10.6. The van der Waals surface area contributed by atoms with Crippen LogP contribution in [0.1, 0.15) is 71.1 Å². The molecular weight excluding hydrogens is 621 g/mol. The maximum Gasteiger partial charge on any atom is 0.337 e. The molecule has 0 spiro atoms. The van der Waals surface area contributed by atoms with Crippen LogP contribution in [-0.4, -0.2) is 57.5 Å². The lowest BCUT2D eigenvalue weighted by atomic mass is 9.92. The van der Waals surface area contributed by atoms with E-state index in [0.29, 0.717) is 48.6 Å². The number of carboxylic acids is 1. The van der Waals surface area contributed by atoms with E-state index in [0.717, 1.165) is 35.3 Å². The van der Waals surface area contributed by atoms with E-state index in [2.05, 4.69) is 25.0 Å². The van der Waals surface area contributed by atoms with Gasteiger partial charge in [0.2, 0.25) is 0 Å². The molecule has 1 saturated heterocycles. The largest absolute Gasteiger partial charge is 0.487 e. The number of aryl methyl sites for hydroxylation is 1. The number of carbonyl (C=O) groups is 1. The normalized spacial score (nSPS) is 15.9. The highest BCUT2D eigenvalue weighted by Crippen LogP contribution is 2.40. The first-order valence-electron chi connectivity index (χ1n) is 16.8. The number of ether oxygens (including phenoxy) is 3. The van der Waals surface area contributed by atoms with E-state index in [1.807, 2.05) is 81.6 Å². The molecule has 0 saturated carbocycles. The van der Waals surface area contributed by atoms with Crippen molar-refractivity contribution in [2.45, 2.75) is 84.2 Å². The van der Waals surface area contributed by atoms with Crippen molar-refractivity contribution in [3.63, 3.8) is 0 Å². The highest BCUT2D eigenvalue weighted by atomic mass is 19.1. The summed E-state index contributed by atoms with van der Waals surface area (Å²) >= 11 is 0. The summed E-state index contributed by atoms with van der Waals surface area (Å²) in [5.74, 6) is -0.556. The van der Waals surface area contributed by atoms with E-state index in [4.69, 9.17) is 19.2 Å². The van der Waals surface area contributed by atoms with E-state index < -0.39 is 23.5 Å². The van der Waals surface area contributed by atoms with E-state index in [9.17, 15) is 9.90 Å². The van der Waals surface area contributed by atoms with Crippen LogP contribution in [0, 0.1) is 12.7 Å². The minimum atomic E-state index is -1.20. The summed E-state index contributed by atoms with van der Waals surface area (Å²) in [5.41, 5.74) is 3.97. The molecule has 0 bridgehead atoms. The Hall–Kier alpha value is -4.47. The summed E-state index contributed by atoms with van der Waals surface area (Å²) in [7, 11) is 0. The average molecular weight is 670 g/mol. The first kappa shape index (κ1) is 35.8. The summed E-state index contributed by atoms with van der Waals surface area (Å²) in [6, 6.07) is 14.6. The molecule has 0 aliphatic carbocycles. The molecule has 0 radical (unpaired) electrons. The molecule has 1 aliphatic heterocycles. The molecule has 49 heavy (non-hydrogen) atoms. The molecule has 1 fully saturated rings. The Morgan fingerprint density at radius 1 is 1.10 bits per heavy atom. The number of aromatic nitrogens is 2. The first-order chi connectivity index (χ1) is 23.2. The fraction of sp³-hybridized carbons (Fsp3) is 0.400. The molecule has 4 aromatic rings. The Balaban J connectivity index is 1.63. The number of rotatable bonds is 13. The molecular formula is C40H48FN3O5. The van der Waals surface area contributed by atoms with Crippen molar-refractivity contribution in [2.24, 2.45) is 0 Å². The second-order valence-corrected chi connectivity index (χ2v) is 14.1. The summed E-state index contributed by atoms with van der Waals surface area (Å²) < 4.78 is 35.5. The maximum absolute atomic E-state index is 15.1. The summed E-state index contributed by atoms with van der Waals surface area (Å²) in [6.07, 6.45) is 6.09. The Bertz CT molecular complexity index is 1830. The number of piperidine rings is 1. The lowest BCUT2D eigenvalue weighted by Crippen LogP contribution is -2.45. The highest BCUT2D eigenvalue weighted by Gasteiger charge is 2.37. The van der Waals surface area contributed by atoms with Crippen molar-refractivity contribution >= 4 is 17.4 Å². The Morgan fingerprint density at radius 2 is 1.80 bits per heavy atom. The molecule has 2 atom stereocenters. The van der Waals surface area contributed by atoms with Crippen LogP contribution in [0.25, 0.3) is 28.0 Å². The van der Waals surface area contributed by atoms with Gasteiger partial charge >= 0.3 is 5.97 Å². The van der Waals surface area contributed by atoms with E-state index in [-0.39, 0.29) is 17.5 Å². The number of imidazole rings is 1. The zero-order chi connectivity index (χ0) is 35.5. The van der Waals surface area contributed by atoms with Gasteiger partial charge in [-0.25, -0.2) is 14.2 Å². The van der Waals surface area contributed by atoms with Crippen molar-refractivity contribution in [1.29, 1.82) is 0 Å². The molecule has 1 unspecified atom stereocenters. The molecule has 2 aromatic carbocycles. The number of pyridine rings is 1. The van der Waals surface area contributed by atoms with Crippen molar-refractivity contribution < 1.29 is 28.5 Å². The molecule has 1 N–H and O–H groups in total. The average Bonchev–Trinajstić information content (AvgIpc) is 3.47. The van der Waals surface area contributed by atoms with E-state index >= 15 is 4.39 Å². The van der Waals surface area contributed by atoms with Crippen LogP contribution >= 0.6 is 0 Å². The number of para-hydroxylation sites is 1. The van der Waals surface area contributed by atoms with Crippen LogP contribution < -0.4 is 9.64 Å². The maximum atomic E-state index is 15.1. The number of aliphatic carboxylic acids is 1. The molecule has 3 heterocycles. The lowest BCUT2D eigenvalue weighted by molar-refractivity contribution is -0.160. The van der Waals surface area contributed by atoms with E-state index in [1.54, 1.807) is 18.2 Å². The number of fused-ring (bicyclic) bond motifs is 1. The van der Waals surface area contributed by atoms with Gasteiger partial charge in [-0.15, -0.1) is 13.2 Å². The van der Waals surface area contributed by atoms with Crippen LogP contribution in [0.5, 0.6) is 5.75 Å². The fourth-order valence-corrected chi connectivity index (χ4v) is 6.40. The molecule has 5 rings (SSSR count). The second kappa shape index (κ2) is 14.6. The van der Waals surface area contributed by atoms with Crippen LogP contribution in [0.15, 0.2) is 80.0 Å². The number of carboxylic acid groups (broad SMARTS) is 1. The number of hydrogen-bond acceptors (Lipinski definition) is 6. The number of anilines is 1. The van der Waals surface area contributed by atoms with Gasteiger partial charge in [-0.2, -0.15) is 0 Å². The zero-order valence-electron chi connectivity index (χ0n) is 29.5. The quantitative estimate of drug-likeness (QED) is 0.142. The molecule has 2 aromatic heterocycles. The van der Waals surface area contributed by atoms with Gasteiger partial charge in [0.1, 0.15) is 11.5 Å². The number of hydrogen-bond donors (Lipinski definition) is 1. The minimum Gasteiger partial charge on any atom is -0.487 e. The summed E-state index contributed by atoms with van der Waals surface area (Å²) in [5, 5.41) is 10.5. The number of halogens is 1. The zero-order valence-corrected chi connectivity index (χ0v) is 29.5. The molecule has 0 amide bonds. The van der Waals surface area contributed by atoms with Crippen LogP contribution in [0.2, 0.25) is 0 Å². The van der Waals surface area contributed by atoms with Gasteiger partial charge in [-0.3, -0.25) is 4.40 Å². The first-order valence-corrected chi connectivity index (χ1v) is 16.8. The third-order valence-electron chi connectivity index (χ3n) is 8.85. The smallest absolute Gasteiger partial charge is 0.337 e. The number of benzene rings is 2. The van der Waals surface area contributed by atoms with E-state index in [1.165, 1.54) is 6.07 Å². The van der Waals surface area contributed by atoms with Gasteiger partial charge in [0, 0.05) is 42.4 Å². The Labute approximate surface area is 288 Å². The molecule has 1 aliphatic rings. The minimum absolute atomic E-state index is 0.194. The second-order valence-electron chi connectivity index (χ2n) is 14.1. The fourth-order valence-electron chi connectivity index (χ4n) is 6.40. The van der Waals surface area contributed by atoms with Gasteiger partial charge in [0.05, 0.1) is 29.6 Å². The molecule has 9 heteroatoms. The molecule has 260 valence electrons. The van der Waals surface area contributed by atoms with Crippen molar-refractivity contribution in [3.8, 4) is 28.1 Å². The lowest BCUT2D eigenvalue weighted by Gasteiger charge is -2.41. The topological polar surface area (TPSA) is 85.5 Å². The SMILES string of the molecule is C=CCOC1(C)CCN(c2c(C(OC(C)(C)C)C(=O)O)c(C)cc3nc(-c4cccc(-c5cccc(F)c5O[C@@H](C)CC=C)c4)cn23)CC1. The van der Waals surface area contributed by atoms with Gasteiger partial charge in [-0.05, 0) is 83.7 Å². The predicted octanol–water partition coefficient (Wildman–Crippen LogP) is 8.96. The van der Waals surface area contributed by atoms with Crippen LogP contribution in [0.4, 0.5) is 10.2 Å². The third kappa shape index (κ3) is 8.06. The Morgan fingerprint density at radius 3 is 2.45 bits per heavy atom. The van der Waals surface area contributed by atoms with Gasteiger partial charge in [-0.1, -0.05) is 42.5 Å². The summed E-state index contributed by atoms with van der Waals surface area (Å²) in [6.45, 7) is 20.8. The highest BCUT2D eigenvalue weighted by molar-refractivity contribution is 5.80. The van der Waals surface area contributed by atoms with Crippen molar-refractivity contribution in [1.82, 2.24) is 9.38 Å². The van der Waals surface area contributed by atoms with Crippen molar-refractivity contribution in [3.05, 3.63) is 97.0 Å². The number of nitrogens with zero attached hydrogens (tertiary/aromatic N) is 3. The van der Waals surface area contributed by atoms with Gasteiger partial charge in [0.25, 0.3) is 0 Å². The monoisotopic (exact) mass is 669 g/mol. The van der Waals surface area contributed by atoms with Crippen LogP contribution in [-0.2, 0) is 14.3 Å². The summed E-state index contributed by atoms with van der Waals surface area (Å²) in [4.78, 5) is 20.1. The molecule has 8 nitrogen and oxygen atoms in total. The standard InChI is InChI=1S/C40H48FN3O5/c1-9-13-27(4)48-35-30(16-12-17-31(35)41)28-14-11-15-29(24-28)32-25-44-33(42-32)23-26(3)34(36(38(45)46)49-39(5,6)7)37(44)43-20-18-40(8,19-21-43)47-22-10-2/h9-12,14-17,23-25,27,36H,1-2,13,18-22H2,3-8H3,(H,45,46)/t27-,36?/m0/s1. The predicted molar refractivity (Wildman–Crippen MR) is 193 cm³/mol. The van der Waals surface area contributed by atoms with Crippen molar-refractivity contribution in [2.75, 3.05) is 24.6 Å².